The predicted octanol–water partition coefficient (Wildman–Crippen LogP) is 3.20. The van der Waals surface area contributed by atoms with Crippen molar-refractivity contribution in [2.75, 3.05) is 10.3 Å². The van der Waals surface area contributed by atoms with Gasteiger partial charge in [-0.1, -0.05) is 29.8 Å². The Morgan fingerprint density at radius 2 is 1.83 bits per heavy atom. The van der Waals surface area contributed by atoms with Crippen molar-refractivity contribution in [1.82, 2.24) is 0 Å². The Morgan fingerprint density at radius 3 is 2.48 bits per heavy atom. The Kier molecular flexibility index (Phi) is 4.30. The average Bonchev–Trinajstić information content (AvgIpc) is 2.57. The SMILES string of the molecule is NC1=NN(c2ccccc2)C=CC1C(=O)Nc1ccc(Cl)cc1. The van der Waals surface area contributed by atoms with Crippen LogP contribution in [-0.2, 0) is 4.79 Å². The molecule has 0 aromatic heterocycles. The first kappa shape index (κ1) is 15.1. The monoisotopic (exact) mass is 326 g/mol. The van der Waals surface area contributed by atoms with Gasteiger partial charge in [-0.15, -0.1) is 0 Å². The van der Waals surface area contributed by atoms with E-state index in [1.807, 2.05) is 30.3 Å². The van der Waals surface area contributed by atoms with Crippen LogP contribution in [0.3, 0.4) is 0 Å². The molecule has 116 valence electrons. The minimum atomic E-state index is -0.606. The normalized spacial score (nSPS) is 16.8. The van der Waals surface area contributed by atoms with Crippen LogP contribution in [0.1, 0.15) is 0 Å². The molecule has 5 nitrogen and oxygen atoms in total. The van der Waals surface area contributed by atoms with Crippen molar-refractivity contribution in [3.63, 3.8) is 0 Å². The van der Waals surface area contributed by atoms with Gasteiger partial charge in [-0.2, -0.15) is 5.10 Å². The van der Waals surface area contributed by atoms with E-state index >= 15 is 0 Å². The molecule has 3 N–H and O–H groups in total. The average molecular weight is 327 g/mol. The highest BCUT2D eigenvalue weighted by Gasteiger charge is 2.24. The summed E-state index contributed by atoms with van der Waals surface area (Å²) in [6.07, 6.45) is 3.46. The van der Waals surface area contributed by atoms with E-state index in [0.29, 0.717) is 10.7 Å². The number of nitrogens with zero attached hydrogens (tertiary/aromatic N) is 2. The molecule has 3 rings (SSSR count). The summed E-state index contributed by atoms with van der Waals surface area (Å²) in [6.45, 7) is 0. The zero-order valence-electron chi connectivity index (χ0n) is 12.2. The smallest absolute Gasteiger partial charge is 0.239 e. The summed E-state index contributed by atoms with van der Waals surface area (Å²) < 4.78 is 0. The van der Waals surface area contributed by atoms with E-state index < -0.39 is 5.92 Å². The second-order valence-corrected chi connectivity index (χ2v) is 5.46. The van der Waals surface area contributed by atoms with Crippen LogP contribution in [0.15, 0.2) is 72.0 Å². The first-order valence-electron chi connectivity index (χ1n) is 7.06. The van der Waals surface area contributed by atoms with Gasteiger partial charge in [0, 0.05) is 16.9 Å². The number of amides is 1. The maximum absolute atomic E-state index is 12.3. The van der Waals surface area contributed by atoms with Crippen LogP contribution in [0.5, 0.6) is 0 Å². The number of hydrogen-bond donors (Lipinski definition) is 2. The number of halogens is 1. The van der Waals surface area contributed by atoms with E-state index in [-0.39, 0.29) is 11.7 Å². The minimum Gasteiger partial charge on any atom is -0.385 e. The molecule has 0 saturated heterocycles. The first-order valence-corrected chi connectivity index (χ1v) is 7.44. The summed E-state index contributed by atoms with van der Waals surface area (Å²) in [4.78, 5) is 12.3. The Bertz CT molecular complexity index is 756. The largest absolute Gasteiger partial charge is 0.385 e. The summed E-state index contributed by atoms with van der Waals surface area (Å²) >= 11 is 5.83. The molecule has 1 unspecified atom stereocenters. The molecule has 0 aliphatic carbocycles. The lowest BCUT2D eigenvalue weighted by atomic mass is 10.1. The Morgan fingerprint density at radius 1 is 1.13 bits per heavy atom. The van der Waals surface area contributed by atoms with Crippen LogP contribution in [0, 0.1) is 5.92 Å². The predicted molar refractivity (Wildman–Crippen MR) is 93.3 cm³/mol. The third kappa shape index (κ3) is 3.52. The van der Waals surface area contributed by atoms with Crippen molar-refractivity contribution in [2.45, 2.75) is 0 Å². The fourth-order valence-electron chi connectivity index (χ4n) is 2.19. The number of hydrazone groups is 1. The van der Waals surface area contributed by atoms with Crippen molar-refractivity contribution < 1.29 is 4.79 Å². The number of para-hydroxylation sites is 1. The number of nitrogens with two attached hydrogens (primary N) is 1. The maximum atomic E-state index is 12.3. The molecule has 1 aliphatic heterocycles. The summed E-state index contributed by atoms with van der Waals surface area (Å²) in [7, 11) is 0. The molecule has 6 heteroatoms. The topological polar surface area (TPSA) is 70.7 Å². The fourth-order valence-corrected chi connectivity index (χ4v) is 2.31. The molecule has 0 bridgehead atoms. The minimum absolute atomic E-state index is 0.238. The molecule has 0 radical (unpaired) electrons. The van der Waals surface area contributed by atoms with Gasteiger partial charge in [-0.05, 0) is 42.5 Å². The van der Waals surface area contributed by atoms with Gasteiger partial charge in [-0.3, -0.25) is 4.79 Å². The molecular weight excluding hydrogens is 312 g/mol. The molecule has 2 aromatic rings. The van der Waals surface area contributed by atoms with Crippen molar-refractivity contribution in [3.8, 4) is 0 Å². The first-order chi connectivity index (χ1) is 11.1. The standard InChI is InChI=1S/C17H15ClN4O/c18-12-6-8-13(9-7-12)20-17(23)15-10-11-22(21-16(15)19)14-4-2-1-3-5-14/h1-11,15H,(H2,19,21)(H,20,23). The Balaban J connectivity index is 1.71. The van der Waals surface area contributed by atoms with Gasteiger partial charge in [0.25, 0.3) is 0 Å². The van der Waals surface area contributed by atoms with Crippen LogP contribution in [0.2, 0.25) is 5.02 Å². The van der Waals surface area contributed by atoms with Gasteiger partial charge in [0.05, 0.1) is 5.69 Å². The van der Waals surface area contributed by atoms with E-state index in [4.69, 9.17) is 17.3 Å². The summed E-state index contributed by atoms with van der Waals surface area (Å²) in [5.74, 6) is -0.606. The van der Waals surface area contributed by atoms with E-state index in [0.717, 1.165) is 5.69 Å². The number of anilines is 2. The molecule has 1 aliphatic rings. The van der Waals surface area contributed by atoms with Gasteiger partial charge in [0.1, 0.15) is 11.8 Å². The lowest BCUT2D eigenvalue weighted by molar-refractivity contribution is -0.117. The van der Waals surface area contributed by atoms with Gasteiger partial charge in [0.15, 0.2) is 0 Å². The Hall–Kier alpha value is -2.79. The molecule has 0 saturated carbocycles. The van der Waals surface area contributed by atoms with Crippen molar-refractivity contribution >= 4 is 34.7 Å². The van der Waals surface area contributed by atoms with Crippen LogP contribution in [0.25, 0.3) is 0 Å². The second-order valence-electron chi connectivity index (χ2n) is 5.02. The Labute approximate surface area is 139 Å². The molecular formula is C17H15ClN4O. The molecule has 23 heavy (non-hydrogen) atoms. The molecule has 0 spiro atoms. The summed E-state index contributed by atoms with van der Waals surface area (Å²) in [5.41, 5.74) is 7.50. The lowest BCUT2D eigenvalue weighted by Crippen LogP contribution is -2.37. The maximum Gasteiger partial charge on any atom is 0.239 e. The van der Waals surface area contributed by atoms with Gasteiger partial charge < -0.3 is 11.1 Å². The van der Waals surface area contributed by atoms with Gasteiger partial charge >= 0.3 is 0 Å². The number of rotatable bonds is 3. The number of benzene rings is 2. The molecule has 2 aromatic carbocycles. The lowest BCUT2D eigenvalue weighted by Gasteiger charge is -2.23. The zero-order chi connectivity index (χ0) is 16.2. The van der Waals surface area contributed by atoms with Crippen LogP contribution in [0.4, 0.5) is 11.4 Å². The van der Waals surface area contributed by atoms with Gasteiger partial charge in [0.2, 0.25) is 5.91 Å². The van der Waals surface area contributed by atoms with E-state index in [1.54, 1.807) is 41.6 Å². The van der Waals surface area contributed by atoms with E-state index in [1.165, 1.54) is 0 Å². The molecule has 0 fully saturated rings. The number of carbonyl (C=O) groups excluding carboxylic acids is 1. The zero-order valence-corrected chi connectivity index (χ0v) is 12.9. The highest BCUT2D eigenvalue weighted by molar-refractivity contribution is 6.30. The van der Waals surface area contributed by atoms with Crippen molar-refractivity contribution in [1.29, 1.82) is 0 Å². The quantitative estimate of drug-likeness (QED) is 0.910. The summed E-state index contributed by atoms with van der Waals surface area (Å²) in [5, 5.41) is 9.32. The van der Waals surface area contributed by atoms with Crippen LogP contribution in [-0.4, -0.2) is 11.7 Å². The third-order valence-corrected chi connectivity index (χ3v) is 3.63. The number of nitrogens with one attached hydrogen (secondary N) is 1. The highest BCUT2D eigenvalue weighted by Crippen LogP contribution is 2.20. The van der Waals surface area contributed by atoms with Gasteiger partial charge in [-0.25, -0.2) is 5.01 Å². The summed E-state index contributed by atoms with van der Waals surface area (Å²) in [6, 6.07) is 16.5. The molecule has 1 amide bonds. The highest BCUT2D eigenvalue weighted by atomic mass is 35.5. The number of hydrogen-bond acceptors (Lipinski definition) is 4. The second kappa shape index (κ2) is 6.54. The van der Waals surface area contributed by atoms with Crippen LogP contribution < -0.4 is 16.1 Å². The van der Waals surface area contributed by atoms with Crippen molar-refractivity contribution in [2.24, 2.45) is 16.8 Å². The molecule has 1 atom stereocenters. The molecule has 1 heterocycles. The third-order valence-electron chi connectivity index (χ3n) is 3.38. The number of amidine groups is 1. The van der Waals surface area contributed by atoms with E-state index in [9.17, 15) is 4.79 Å². The fraction of sp³-hybridized carbons (Fsp3) is 0.0588. The van der Waals surface area contributed by atoms with Crippen LogP contribution >= 0.6 is 11.6 Å². The van der Waals surface area contributed by atoms with Crippen molar-refractivity contribution in [3.05, 3.63) is 71.9 Å². The number of carbonyl (C=O) groups is 1. The van der Waals surface area contributed by atoms with E-state index in [2.05, 4.69) is 10.4 Å².